The van der Waals surface area contributed by atoms with Gasteiger partial charge in [0.25, 0.3) is 0 Å². The Bertz CT molecular complexity index is 681. The molecular weight excluding hydrogens is 453 g/mol. The second kappa shape index (κ2) is 7.27. The maximum atomic E-state index is 13.9. The average Bonchev–Trinajstić information content (AvgIpc) is 2.44. The molecule has 2 aromatic rings. The van der Waals surface area contributed by atoms with E-state index in [0.29, 0.717) is 21.7 Å². The molecule has 0 bridgehead atoms. The smallest absolute Gasteiger partial charge is 0.146 e. The quantitative estimate of drug-likeness (QED) is 0.373. The normalized spacial score (nSPS) is 10.8. The van der Waals surface area contributed by atoms with E-state index in [1.165, 1.54) is 18.2 Å². The lowest BCUT2D eigenvalue weighted by molar-refractivity contribution is 0.290. The summed E-state index contributed by atoms with van der Waals surface area (Å²) >= 11 is 18.3. The maximum absolute atomic E-state index is 13.9. The number of benzene rings is 2. The van der Waals surface area contributed by atoms with Crippen molar-refractivity contribution < 1.29 is 13.5 Å². The van der Waals surface area contributed by atoms with E-state index in [0.717, 1.165) is 0 Å². The summed E-state index contributed by atoms with van der Waals surface area (Å²) in [6, 6.07) is 5.65. The molecule has 2 aromatic carbocycles. The van der Waals surface area contributed by atoms with E-state index in [1.54, 1.807) is 6.07 Å². The van der Waals surface area contributed by atoms with Crippen LogP contribution in [-0.4, -0.2) is 0 Å². The SMILES string of the molecule is Fc1ccc(Br)c(F)c1COc1c(Cl)cc(Cl)cc1CBr. The highest BCUT2D eigenvalue weighted by atomic mass is 79.9. The van der Waals surface area contributed by atoms with Crippen molar-refractivity contribution in [3.63, 3.8) is 0 Å². The standard InChI is InChI=1S/C14H8Br2Cl2F2O/c15-5-7-3-8(17)4-11(18)14(7)21-6-9-12(19)2-1-10(16)13(9)20/h1-4H,5-6H2. The topological polar surface area (TPSA) is 9.23 Å². The molecule has 0 aliphatic rings. The summed E-state index contributed by atoms with van der Waals surface area (Å²) in [6.07, 6.45) is 0. The molecule has 0 amide bonds. The second-order valence-corrected chi connectivity index (χ2v) is 6.38. The lowest BCUT2D eigenvalue weighted by Gasteiger charge is -2.13. The molecule has 0 heterocycles. The molecule has 0 aliphatic heterocycles. The lowest BCUT2D eigenvalue weighted by atomic mass is 10.2. The minimum atomic E-state index is -0.694. The van der Waals surface area contributed by atoms with Crippen molar-refractivity contribution in [1.82, 2.24) is 0 Å². The number of ether oxygens (including phenoxy) is 1. The third kappa shape index (κ3) is 3.89. The van der Waals surface area contributed by atoms with Gasteiger partial charge < -0.3 is 4.74 Å². The Morgan fingerprint density at radius 3 is 2.52 bits per heavy atom. The van der Waals surface area contributed by atoms with Crippen molar-refractivity contribution >= 4 is 55.1 Å². The first kappa shape index (κ1) is 17.0. The largest absolute Gasteiger partial charge is 0.487 e. The molecule has 0 N–H and O–H groups in total. The first-order valence-electron chi connectivity index (χ1n) is 5.73. The van der Waals surface area contributed by atoms with Crippen molar-refractivity contribution in [3.8, 4) is 5.75 Å². The van der Waals surface area contributed by atoms with Gasteiger partial charge in [-0.3, -0.25) is 0 Å². The van der Waals surface area contributed by atoms with E-state index in [1.807, 2.05) is 0 Å². The summed E-state index contributed by atoms with van der Waals surface area (Å²) in [6.45, 7) is -0.279. The Hall–Kier alpha value is -0.360. The summed E-state index contributed by atoms with van der Waals surface area (Å²) in [5, 5.41) is 1.20. The van der Waals surface area contributed by atoms with Gasteiger partial charge >= 0.3 is 0 Å². The minimum absolute atomic E-state index is 0.170. The number of rotatable bonds is 4. The van der Waals surface area contributed by atoms with Gasteiger partial charge in [0.05, 0.1) is 15.1 Å². The van der Waals surface area contributed by atoms with Crippen LogP contribution in [-0.2, 0) is 11.9 Å². The van der Waals surface area contributed by atoms with Gasteiger partial charge in [0.2, 0.25) is 0 Å². The fraction of sp³-hybridized carbons (Fsp3) is 0.143. The number of halogens is 6. The van der Waals surface area contributed by atoms with Crippen LogP contribution in [0.3, 0.4) is 0 Å². The Morgan fingerprint density at radius 2 is 1.86 bits per heavy atom. The second-order valence-electron chi connectivity index (χ2n) is 4.12. The van der Waals surface area contributed by atoms with Gasteiger partial charge in [-0.05, 0) is 40.2 Å². The van der Waals surface area contributed by atoms with Gasteiger partial charge in [0, 0.05) is 15.9 Å². The molecule has 112 valence electrons. The first-order chi connectivity index (χ1) is 9.93. The van der Waals surface area contributed by atoms with Gasteiger partial charge in [0.15, 0.2) is 0 Å². The average molecular weight is 461 g/mol. The predicted octanol–water partition coefficient (Wildman–Crippen LogP) is 6.51. The van der Waals surface area contributed by atoms with Gasteiger partial charge in [-0.1, -0.05) is 39.1 Å². The van der Waals surface area contributed by atoms with E-state index in [2.05, 4.69) is 31.9 Å². The molecule has 7 heteroatoms. The highest BCUT2D eigenvalue weighted by Gasteiger charge is 2.16. The molecule has 0 atom stereocenters. The molecule has 0 saturated carbocycles. The summed E-state index contributed by atoms with van der Waals surface area (Å²) < 4.78 is 33.2. The molecule has 0 aliphatic carbocycles. The summed E-state index contributed by atoms with van der Waals surface area (Å²) in [5.41, 5.74) is 0.527. The summed E-state index contributed by atoms with van der Waals surface area (Å²) in [5.74, 6) is -1.03. The van der Waals surface area contributed by atoms with E-state index in [9.17, 15) is 8.78 Å². The third-order valence-electron chi connectivity index (χ3n) is 2.73. The maximum Gasteiger partial charge on any atom is 0.146 e. The van der Waals surface area contributed by atoms with Crippen LogP contribution in [0.5, 0.6) is 5.75 Å². The van der Waals surface area contributed by atoms with Crippen LogP contribution < -0.4 is 4.74 Å². The molecular formula is C14H8Br2Cl2F2O. The molecule has 0 saturated heterocycles. The van der Waals surface area contributed by atoms with E-state index < -0.39 is 11.6 Å². The number of hydrogen-bond acceptors (Lipinski definition) is 1. The van der Waals surface area contributed by atoms with Crippen molar-refractivity contribution in [2.24, 2.45) is 0 Å². The van der Waals surface area contributed by atoms with Crippen LogP contribution in [0.2, 0.25) is 10.0 Å². The van der Waals surface area contributed by atoms with Crippen LogP contribution in [0.4, 0.5) is 8.78 Å². The minimum Gasteiger partial charge on any atom is -0.487 e. The van der Waals surface area contributed by atoms with Crippen LogP contribution in [0.1, 0.15) is 11.1 Å². The zero-order chi connectivity index (χ0) is 15.6. The number of hydrogen-bond donors (Lipinski definition) is 0. The summed E-state index contributed by atoms with van der Waals surface area (Å²) in [7, 11) is 0. The van der Waals surface area contributed by atoms with Crippen molar-refractivity contribution in [1.29, 1.82) is 0 Å². The highest BCUT2D eigenvalue weighted by molar-refractivity contribution is 9.10. The van der Waals surface area contributed by atoms with Gasteiger partial charge in [-0.25, -0.2) is 8.78 Å². The molecule has 21 heavy (non-hydrogen) atoms. The molecule has 0 unspecified atom stereocenters. The van der Waals surface area contributed by atoms with Crippen molar-refractivity contribution in [3.05, 3.63) is 61.5 Å². The van der Waals surface area contributed by atoms with Gasteiger partial charge in [-0.15, -0.1) is 0 Å². The Labute approximate surface area is 147 Å². The van der Waals surface area contributed by atoms with Gasteiger partial charge in [-0.2, -0.15) is 0 Å². The van der Waals surface area contributed by atoms with Crippen LogP contribution in [0.15, 0.2) is 28.7 Å². The van der Waals surface area contributed by atoms with Crippen LogP contribution >= 0.6 is 55.1 Å². The number of alkyl halides is 1. The lowest BCUT2D eigenvalue weighted by Crippen LogP contribution is -2.04. The monoisotopic (exact) mass is 458 g/mol. The zero-order valence-corrected chi connectivity index (χ0v) is 15.1. The van der Waals surface area contributed by atoms with Crippen molar-refractivity contribution in [2.45, 2.75) is 11.9 Å². The molecule has 0 aromatic heterocycles. The Balaban J connectivity index is 2.31. The molecule has 0 radical (unpaired) electrons. The highest BCUT2D eigenvalue weighted by Crippen LogP contribution is 2.34. The Morgan fingerprint density at radius 1 is 1.14 bits per heavy atom. The predicted molar refractivity (Wildman–Crippen MR) is 87.5 cm³/mol. The van der Waals surface area contributed by atoms with Crippen LogP contribution in [0.25, 0.3) is 0 Å². The fourth-order valence-corrected chi connectivity index (χ4v) is 3.10. The molecule has 0 spiro atoms. The summed E-state index contributed by atoms with van der Waals surface area (Å²) in [4.78, 5) is 0. The Kier molecular flexibility index (Phi) is 5.88. The molecule has 0 fully saturated rings. The van der Waals surface area contributed by atoms with E-state index in [-0.39, 0.29) is 21.7 Å². The zero-order valence-electron chi connectivity index (χ0n) is 10.4. The van der Waals surface area contributed by atoms with E-state index >= 15 is 0 Å². The van der Waals surface area contributed by atoms with Crippen LogP contribution in [0, 0.1) is 11.6 Å². The van der Waals surface area contributed by atoms with E-state index in [4.69, 9.17) is 27.9 Å². The molecule has 1 nitrogen and oxygen atoms in total. The fourth-order valence-electron chi connectivity index (χ4n) is 1.72. The first-order valence-corrected chi connectivity index (χ1v) is 8.40. The third-order valence-corrected chi connectivity index (χ3v) is 4.44. The van der Waals surface area contributed by atoms with Gasteiger partial charge in [0.1, 0.15) is 24.0 Å². The molecule has 2 rings (SSSR count). The van der Waals surface area contributed by atoms with Crippen molar-refractivity contribution in [2.75, 3.05) is 0 Å².